The first kappa shape index (κ1) is 48.4. The largest absolute Gasteiger partial charge is 0.507 e. The molecule has 4 heteroatoms. The van der Waals surface area contributed by atoms with E-state index in [-0.39, 0.29) is 44.3 Å². The molecule has 0 radical (unpaired) electrons. The summed E-state index contributed by atoms with van der Waals surface area (Å²) in [7, 11) is 0. The molecule has 4 N–H and O–H groups in total. The number of aryl methyl sites for hydroxylation is 2. The molecule has 0 saturated heterocycles. The Balaban J connectivity index is 0.000000317. The number of phenols is 4. The van der Waals surface area contributed by atoms with E-state index in [0.717, 1.165) is 55.6 Å². The van der Waals surface area contributed by atoms with Gasteiger partial charge in [-0.3, -0.25) is 0 Å². The average molecular weight is 793 g/mol. The van der Waals surface area contributed by atoms with Crippen LogP contribution < -0.4 is 0 Å². The fourth-order valence-electron chi connectivity index (χ4n) is 7.74. The first-order valence-corrected chi connectivity index (χ1v) is 21.3. The molecule has 0 bridgehead atoms. The van der Waals surface area contributed by atoms with Crippen molar-refractivity contribution in [2.45, 2.75) is 197 Å². The summed E-state index contributed by atoms with van der Waals surface area (Å²) in [6.45, 7) is 47.0. The number of hydrogen-bond acceptors (Lipinski definition) is 4. The van der Waals surface area contributed by atoms with Crippen molar-refractivity contribution in [3.8, 4) is 23.0 Å². The molecule has 0 spiro atoms. The summed E-state index contributed by atoms with van der Waals surface area (Å²) >= 11 is 0. The fourth-order valence-corrected chi connectivity index (χ4v) is 7.74. The molecule has 0 amide bonds. The molecule has 4 nitrogen and oxygen atoms in total. The van der Waals surface area contributed by atoms with Crippen LogP contribution in [0.5, 0.6) is 23.0 Å². The van der Waals surface area contributed by atoms with Gasteiger partial charge in [0.1, 0.15) is 23.0 Å². The molecule has 0 fully saturated rings. The van der Waals surface area contributed by atoms with E-state index in [1.54, 1.807) is 0 Å². The van der Waals surface area contributed by atoms with E-state index in [9.17, 15) is 20.4 Å². The average Bonchev–Trinajstić information content (AvgIpc) is 3.03. The predicted octanol–water partition coefficient (Wildman–Crippen LogP) is 14.9. The first-order chi connectivity index (χ1) is 25.9. The van der Waals surface area contributed by atoms with Gasteiger partial charge in [-0.05, 0) is 79.7 Å². The Hall–Kier alpha value is -3.92. The van der Waals surface area contributed by atoms with Gasteiger partial charge in [-0.1, -0.05) is 198 Å². The third-order valence-corrected chi connectivity index (χ3v) is 11.7. The van der Waals surface area contributed by atoms with Crippen LogP contribution in [0.1, 0.15) is 217 Å². The van der Waals surface area contributed by atoms with Gasteiger partial charge >= 0.3 is 0 Å². The van der Waals surface area contributed by atoms with Gasteiger partial charge in [0.15, 0.2) is 0 Å². The van der Waals surface area contributed by atoms with Gasteiger partial charge in [0, 0.05) is 34.1 Å². The van der Waals surface area contributed by atoms with E-state index in [2.05, 4.69) is 189 Å². The summed E-state index contributed by atoms with van der Waals surface area (Å²) in [6, 6.07) is 16.8. The van der Waals surface area contributed by atoms with E-state index < -0.39 is 0 Å². The van der Waals surface area contributed by atoms with Crippen molar-refractivity contribution in [2.24, 2.45) is 0 Å². The molecule has 0 aliphatic heterocycles. The highest BCUT2D eigenvalue weighted by molar-refractivity contribution is 5.58. The Morgan fingerprint density at radius 2 is 0.517 bits per heavy atom. The molecular weight excluding hydrogens is 713 g/mol. The topological polar surface area (TPSA) is 80.9 Å². The molecule has 0 aromatic heterocycles. The molecule has 0 unspecified atom stereocenters. The molecule has 320 valence electrons. The standard InChI is InChI=1S/C30H46O2.C24H34O2/c1-18(21-14-19(27(2,3)4)16-23(25(21)31)29(8,9)10)22-15-20(28(5,6)7)17-24(26(22)32)30(11,12)13;1-14-10-17(21(25)19(12-14)23(4,5)6)16(3)18-11-15(2)13-20(22(18)26)24(7,8)9/h14-18,31-32H,1-13H3;10-13,16,25-26H,1-9H3. The second-order valence-corrected chi connectivity index (χ2v) is 23.4. The molecule has 4 aromatic carbocycles. The zero-order chi connectivity index (χ0) is 45.0. The monoisotopic (exact) mass is 793 g/mol. The van der Waals surface area contributed by atoms with Gasteiger partial charge in [-0.2, -0.15) is 0 Å². The zero-order valence-corrected chi connectivity index (χ0v) is 40.6. The molecule has 0 atom stereocenters. The van der Waals surface area contributed by atoms with E-state index >= 15 is 0 Å². The van der Waals surface area contributed by atoms with Crippen LogP contribution in [0.4, 0.5) is 0 Å². The Morgan fingerprint density at radius 3 is 0.724 bits per heavy atom. The highest BCUT2D eigenvalue weighted by Gasteiger charge is 2.32. The Bertz CT molecular complexity index is 1960. The number of phenolic OH excluding ortho intramolecular Hbond substituents is 4. The minimum Gasteiger partial charge on any atom is -0.507 e. The van der Waals surface area contributed by atoms with Crippen LogP contribution >= 0.6 is 0 Å². The Kier molecular flexibility index (Phi) is 13.6. The van der Waals surface area contributed by atoms with Crippen LogP contribution in [0.3, 0.4) is 0 Å². The van der Waals surface area contributed by atoms with Crippen molar-refractivity contribution < 1.29 is 20.4 Å². The minimum atomic E-state index is -0.189. The minimum absolute atomic E-state index is 0.0476. The zero-order valence-electron chi connectivity index (χ0n) is 40.6. The second kappa shape index (κ2) is 16.3. The summed E-state index contributed by atoms with van der Waals surface area (Å²) in [5.74, 6) is 1.12. The maximum Gasteiger partial charge on any atom is 0.123 e. The number of rotatable bonds is 4. The van der Waals surface area contributed by atoms with Gasteiger partial charge in [0.05, 0.1) is 0 Å². The Labute approximate surface area is 354 Å². The van der Waals surface area contributed by atoms with Crippen molar-refractivity contribution in [1.82, 2.24) is 0 Å². The van der Waals surface area contributed by atoms with Crippen molar-refractivity contribution in [3.05, 3.63) is 115 Å². The lowest BCUT2D eigenvalue weighted by Crippen LogP contribution is -2.19. The van der Waals surface area contributed by atoms with Gasteiger partial charge in [-0.15, -0.1) is 0 Å². The number of benzene rings is 4. The van der Waals surface area contributed by atoms with Crippen LogP contribution in [0.2, 0.25) is 0 Å². The third kappa shape index (κ3) is 10.8. The molecule has 4 rings (SSSR count). The maximum absolute atomic E-state index is 11.4. The molecule has 4 aromatic rings. The highest BCUT2D eigenvalue weighted by Crippen LogP contribution is 2.48. The van der Waals surface area contributed by atoms with Crippen molar-refractivity contribution >= 4 is 0 Å². The lowest BCUT2D eigenvalue weighted by Gasteiger charge is -2.31. The van der Waals surface area contributed by atoms with Crippen molar-refractivity contribution in [3.63, 3.8) is 0 Å². The van der Waals surface area contributed by atoms with Crippen LogP contribution in [-0.2, 0) is 32.5 Å². The highest BCUT2D eigenvalue weighted by atomic mass is 16.3. The van der Waals surface area contributed by atoms with E-state index in [4.69, 9.17) is 0 Å². The number of hydrogen-bond donors (Lipinski definition) is 4. The van der Waals surface area contributed by atoms with Crippen LogP contribution in [0.25, 0.3) is 0 Å². The van der Waals surface area contributed by atoms with Crippen LogP contribution in [0.15, 0.2) is 48.5 Å². The second-order valence-electron chi connectivity index (χ2n) is 23.4. The van der Waals surface area contributed by atoms with Crippen LogP contribution in [-0.4, -0.2) is 20.4 Å². The summed E-state index contributed by atoms with van der Waals surface area (Å²) in [5, 5.41) is 44.8. The predicted molar refractivity (Wildman–Crippen MR) is 249 cm³/mol. The normalized spacial score (nSPS) is 13.2. The van der Waals surface area contributed by atoms with Gasteiger partial charge in [0.2, 0.25) is 0 Å². The van der Waals surface area contributed by atoms with Crippen LogP contribution in [0, 0.1) is 13.8 Å². The molecule has 0 saturated carbocycles. The van der Waals surface area contributed by atoms with Gasteiger partial charge < -0.3 is 20.4 Å². The third-order valence-electron chi connectivity index (χ3n) is 11.7. The smallest absolute Gasteiger partial charge is 0.123 e. The molecular formula is C54H80O4. The lowest BCUT2D eigenvalue weighted by molar-refractivity contribution is 0.427. The first-order valence-electron chi connectivity index (χ1n) is 21.3. The van der Waals surface area contributed by atoms with E-state index in [1.165, 1.54) is 11.1 Å². The lowest BCUT2D eigenvalue weighted by atomic mass is 9.74. The van der Waals surface area contributed by atoms with Crippen molar-refractivity contribution in [1.29, 1.82) is 0 Å². The summed E-state index contributed by atoms with van der Waals surface area (Å²) in [6.07, 6.45) is 0. The summed E-state index contributed by atoms with van der Waals surface area (Å²) < 4.78 is 0. The fraction of sp³-hybridized carbons (Fsp3) is 0.556. The SMILES string of the molecule is CC(c1cc(C(C)(C)C)cc(C(C)(C)C)c1O)c1cc(C(C)(C)C)cc(C(C)(C)C)c1O.Cc1cc(C(C)c2cc(C)cc(C(C)(C)C)c2O)c(O)c(C(C)(C)C)c1. The Morgan fingerprint density at radius 1 is 0.310 bits per heavy atom. The van der Waals surface area contributed by atoms with Gasteiger partial charge in [0.25, 0.3) is 0 Å². The summed E-state index contributed by atoms with van der Waals surface area (Å²) in [4.78, 5) is 0. The number of aromatic hydroxyl groups is 4. The molecule has 0 heterocycles. The van der Waals surface area contributed by atoms with Gasteiger partial charge in [-0.25, -0.2) is 0 Å². The quantitative estimate of drug-likeness (QED) is 0.166. The summed E-state index contributed by atoms with van der Waals surface area (Å²) in [5.41, 5.74) is 11.2. The van der Waals surface area contributed by atoms with E-state index in [0.29, 0.717) is 23.0 Å². The molecule has 0 aliphatic rings. The van der Waals surface area contributed by atoms with E-state index in [1.807, 2.05) is 12.1 Å². The van der Waals surface area contributed by atoms with Crippen molar-refractivity contribution in [2.75, 3.05) is 0 Å². The molecule has 58 heavy (non-hydrogen) atoms. The maximum atomic E-state index is 11.4. The molecule has 0 aliphatic carbocycles.